The summed E-state index contributed by atoms with van der Waals surface area (Å²) in [7, 11) is 0.901. The fraction of sp³-hybridized carbons (Fsp3) is 0.739. The molecule has 1 unspecified atom stereocenters. The standard InChI is InChI=1S/C23H41O2PS.HI/c1-3-5-19-24-23(25-20-6-4-2)18-14-9-7-8-10-15-21-27-26-22-16-12-11-13-17-22;/h11-13,16-17,23,26H,3-10,14-15,18-21H2,1-2H3;1H. The van der Waals surface area contributed by atoms with Gasteiger partial charge in [-0.05, 0) is 50.9 Å². The van der Waals surface area contributed by atoms with Gasteiger partial charge in [0.05, 0.1) is 0 Å². The van der Waals surface area contributed by atoms with E-state index >= 15 is 0 Å². The lowest BCUT2D eigenvalue weighted by Gasteiger charge is -2.18. The molecule has 0 N–H and O–H groups in total. The van der Waals surface area contributed by atoms with E-state index in [2.05, 4.69) is 55.6 Å². The van der Waals surface area contributed by atoms with Gasteiger partial charge in [-0.2, -0.15) is 0 Å². The highest BCUT2D eigenvalue weighted by Gasteiger charge is 2.08. The van der Waals surface area contributed by atoms with Crippen molar-refractivity contribution >= 4 is 48.4 Å². The van der Waals surface area contributed by atoms with E-state index in [1.54, 1.807) is 0 Å². The quantitative estimate of drug-likeness (QED) is 0.0768. The molecule has 1 aromatic rings. The predicted octanol–water partition coefficient (Wildman–Crippen LogP) is 7.95. The smallest absolute Gasteiger partial charge is 0.157 e. The Morgan fingerprint density at radius 3 is 1.96 bits per heavy atom. The van der Waals surface area contributed by atoms with Crippen molar-refractivity contribution in [3.8, 4) is 0 Å². The molecule has 0 bridgehead atoms. The van der Waals surface area contributed by atoms with Crippen LogP contribution in [0.15, 0.2) is 30.3 Å². The summed E-state index contributed by atoms with van der Waals surface area (Å²) in [4.78, 5) is 0. The van der Waals surface area contributed by atoms with Crippen LogP contribution in [-0.4, -0.2) is 25.3 Å². The Bertz CT molecular complexity index is 412. The van der Waals surface area contributed by atoms with Crippen molar-refractivity contribution in [1.29, 1.82) is 0 Å². The van der Waals surface area contributed by atoms with E-state index in [1.807, 2.05) is 0 Å². The average molecular weight is 541 g/mol. The Balaban J connectivity index is 0.00000729. The fourth-order valence-electron chi connectivity index (χ4n) is 2.77. The zero-order valence-electron chi connectivity index (χ0n) is 18.0. The third-order valence-corrected chi connectivity index (χ3v) is 7.46. The molecule has 0 aliphatic heterocycles. The highest BCUT2D eigenvalue weighted by atomic mass is 127. The minimum Gasteiger partial charge on any atom is -0.353 e. The number of unbranched alkanes of at least 4 members (excludes halogenated alkanes) is 7. The molecular formula is C23H42IO2PS. The van der Waals surface area contributed by atoms with Crippen LogP contribution in [0.3, 0.4) is 0 Å². The largest absolute Gasteiger partial charge is 0.353 e. The summed E-state index contributed by atoms with van der Waals surface area (Å²) in [5.41, 5.74) is 0. The molecule has 1 aromatic carbocycles. The third kappa shape index (κ3) is 17.5. The first-order chi connectivity index (χ1) is 13.4. The van der Waals surface area contributed by atoms with Gasteiger partial charge in [0.1, 0.15) is 0 Å². The summed E-state index contributed by atoms with van der Waals surface area (Å²) in [5.74, 6) is 1.30. The molecule has 0 spiro atoms. The minimum atomic E-state index is 0. The van der Waals surface area contributed by atoms with E-state index in [0.29, 0.717) is 0 Å². The van der Waals surface area contributed by atoms with Crippen molar-refractivity contribution in [1.82, 2.24) is 0 Å². The number of ether oxygens (including phenoxy) is 2. The molecule has 0 saturated heterocycles. The van der Waals surface area contributed by atoms with Crippen molar-refractivity contribution < 1.29 is 9.47 Å². The molecule has 0 fully saturated rings. The van der Waals surface area contributed by atoms with E-state index in [0.717, 1.165) is 40.3 Å². The van der Waals surface area contributed by atoms with Crippen LogP contribution in [0.25, 0.3) is 0 Å². The zero-order valence-corrected chi connectivity index (χ0v) is 22.1. The Labute approximate surface area is 197 Å². The van der Waals surface area contributed by atoms with Crippen LogP contribution >= 0.6 is 43.1 Å². The number of rotatable bonds is 19. The van der Waals surface area contributed by atoms with Crippen molar-refractivity contribution in [2.24, 2.45) is 0 Å². The summed E-state index contributed by atoms with van der Waals surface area (Å²) in [6.07, 6.45) is 13.7. The summed E-state index contributed by atoms with van der Waals surface area (Å²) in [5, 5.41) is 1.47. The third-order valence-electron chi connectivity index (χ3n) is 4.50. The molecule has 0 aromatic heterocycles. The monoisotopic (exact) mass is 540 g/mol. The summed E-state index contributed by atoms with van der Waals surface area (Å²) in [6, 6.07) is 10.8. The molecule has 164 valence electrons. The summed E-state index contributed by atoms with van der Waals surface area (Å²) < 4.78 is 11.8. The molecule has 1 atom stereocenters. The van der Waals surface area contributed by atoms with Crippen LogP contribution in [0.1, 0.15) is 84.5 Å². The van der Waals surface area contributed by atoms with Gasteiger partial charge in [0.2, 0.25) is 0 Å². The maximum atomic E-state index is 5.91. The molecule has 0 aliphatic rings. The van der Waals surface area contributed by atoms with Crippen LogP contribution in [0, 0.1) is 0 Å². The molecule has 5 heteroatoms. The Kier molecular flexibility index (Phi) is 22.9. The molecule has 0 amide bonds. The van der Waals surface area contributed by atoms with E-state index in [1.165, 1.54) is 62.4 Å². The number of benzene rings is 1. The summed E-state index contributed by atoms with van der Waals surface area (Å²) in [6.45, 7) is 6.09. The molecule has 0 aliphatic carbocycles. The zero-order chi connectivity index (χ0) is 19.4. The van der Waals surface area contributed by atoms with E-state index in [9.17, 15) is 0 Å². The van der Waals surface area contributed by atoms with Crippen LogP contribution in [0.2, 0.25) is 0 Å². The van der Waals surface area contributed by atoms with Crippen molar-refractivity contribution in [2.75, 3.05) is 19.0 Å². The maximum Gasteiger partial charge on any atom is 0.157 e. The van der Waals surface area contributed by atoms with Gasteiger partial charge < -0.3 is 9.47 Å². The first kappa shape index (κ1) is 28.6. The Morgan fingerprint density at radius 1 is 0.786 bits per heavy atom. The first-order valence-corrected chi connectivity index (χ1v) is 13.7. The van der Waals surface area contributed by atoms with E-state index < -0.39 is 0 Å². The van der Waals surface area contributed by atoms with Crippen molar-refractivity contribution in [2.45, 2.75) is 90.8 Å². The Morgan fingerprint density at radius 2 is 1.36 bits per heavy atom. The van der Waals surface area contributed by atoms with Gasteiger partial charge in [-0.15, -0.1) is 35.4 Å². The normalized spacial score (nSPS) is 11.4. The topological polar surface area (TPSA) is 18.5 Å². The van der Waals surface area contributed by atoms with Gasteiger partial charge in [-0.25, -0.2) is 0 Å². The second-order valence-electron chi connectivity index (χ2n) is 7.10. The average Bonchev–Trinajstić information content (AvgIpc) is 2.70. The second-order valence-corrected chi connectivity index (χ2v) is 10.1. The lowest BCUT2D eigenvalue weighted by molar-refractivity contribution is -0.147. The van der Waals surface area contributed by atoms with Crippen molar-refractivity contribution in [3.63, 3.8) is 0 Å². The first-order valence-electron chi connectivity index (χ1n) is 11.0. The van der Waals surface area contributed by atoms with E-state index in [4.69, 9.17) is 9.47 Å². The van der Waals surface area contributed by atoms with Gasteiger partial charge in [-0.3, -0.25) is 0 Å². The van der Waals surface area contributed by atoms with Gasteiger partial charge in [0, 0.05) is 13.2 Å². The second kappa shape index (κ2) is 22.3. The number of hydrogen-bond donors (Lipinski definition) is 0. The van der Waals surface area contributed by atoms with Crippen LogP contribution in [-0.2, 0) is 9.47 Å². The van der Waals surface area contributed by atoms with Gasteiger partial charge in [-0.1, -0.05) is 82.7 Å². The number of hydrogen-bond acceptors (Lipinski definition) is 3. The molecule has 0 heterocycles. The highest BCUT2D eigenvalue weighted by molar-refractivity contribution is 14.0. The molecule has 28 heavy (non-hydrogen) atoms. The molecule has 0 saturated carbocycles. The predicted molar refractivity (Wildman–Crippen MR) is 140 cm³/mol. The van der Waals surface area contributed by atoms with Crippen LogP contribution in [0.5, 0.6) is 0 Å². The van der Waals surface area contributed by atoms with Crippen LogP contribution in [0.4, 0.5) is 0 Å². The molecule has 2 nitrogen and oxygen atoms in total. The van der Waals surface area contributed by atoms with Gasteiger partial charge >= 0.3 is 0 Å². The molecular weight excluding hydrogens is 498 g/mol. The maximum absolute atomic E-state index is 5.91. The lowest BCUT2D eigenvalue weighted by Crippen LogP contribution is -2.18. The van der Waals surface area contributed by atoms with Crippen molar-refractivity contribution in [3.05, 3.63) is 30.3 Å². The van der Waals surface area contributed by atoms with Gasteiger partial charge in [0.15, 0.2) is 6.29 Å². The molecule has 1 rings (SSSR count). The SMILES string of the molecule is CCCCOC(CCCCCCCCSPc1ccccc1)OCCCC.I. The lowest BCUT2D eigenvalue weighted by atomic mass is 10.1. The molecule has 0 radical (unpaired) electrons. The van der Waals surface area contributed by atoms with Gasteiger partial charge in [0.25, 0.3) is 0 Å². The Hall–Kier alpha value is 0.650. The fourth-order valence-corrected chi connectivity index (χ4v) is 5.36. The van der Waals surface area contributed by atoms with E-state index in [-0.39, 0.29) is 30.3 Å². The highest BCUT2D eigenvalue weighted by Crippen LogP contribution is 2.29. The number of halogens is 1. The van der Waals surface area contributed by atoms with Crippen LogP contribution < -0.4 is 5.30 Å². The minimum absolute atomic E-state index is 0. The summed E-state index contributed by atoms with van der Waals surface area (Å²) >= 11 is 2.09.